The van der Waals surface area contributed by atoms with Gasteiger partial charge in [0.1, 0.15) is 5.82 Å². The molecule has 2 aromatic rings. The Labute approximate surface area is 153 Å². The third kappa shape index (κ3) is 5.67. The van der Waals surface area contributed by atoms with Crippen LogP contribution in [0.4, 0.5) is 13.2 Å². The van der Waals surface area contributed by atoms with Crippen LogP contribution in [0.3, 0.4) is 0 Å². The highest BCUT2D eigenvalue weighted by molar-refractivity contribution is 6.36. The topological polar surface area (TPSA) is 63.7 Å². The number of benzene rings is 2. The number of ether oxygens (including phenoxy) is 1. The third-order valence-corrected chi connectivity index (χ3v) is 3.72. The fourth-order valence-electron chi connectivity index (χ4n) is 2.34. The van der Waals surface area contributed by atoms with E-state index in [-0.39, 0.29) is 18.7 Å². The van der Waals surface area contributed by atoms with Crippen LogP contribution in [0.15, 0.2) is 42.5 Å². The molecular formula is C19H16F3NO4. The van der Waals surface area contributed by atoms with Gasteiger partial charge in [0, 0.05) is 13.1 Å². The average Bonchev–Trinajstić information content (AvgIpc) is 2.65. The predicted molar refractivity (Wildman–Crippen MR) is 88.7 cm³/mol. The van der Waals surface area contributed by atoms with Crippen molar-refractivity contribution in [1.29, 1.82) is 0 Å². The van der Waals surface area contributed by atoms with Gasteiger partial charge >= 0.3 is 5.97 Å². The third-order valence-electron chi connectivity index (χ3n) is 3.72. The average molecular weight is 379 g/mol. The highest BCUT2D eigenvalue weighted by atomic mass is 19.2. The summed E-state index contributed by atoms with van der Waals surface area (Å²) in [6.45, 7) is -0.158. The summed E-state index contributed by atoms with van der Waals surface area (Å²) in [6, 6.07) is 8.45. The summed E-state index contributed by atoms with van der Waals surface area (Å²) in [5.74, 6) is -5.46. The van der Waals surface area contributed by atoms with Crippen molar-refractivity contribution in [2.24, 2.45) is 0 Å². The Morgan fingerprint density at radius 3 is 2.07 bits per heavy atom. The molecule has 8 heteroatoms. The normalized spacial score (nSPS) is 10.4. The fourth-order valence-corrected chi connectivity index (χ4v) is 2.34. The first-order valence-corrected chi connectivity index (χ1v) is 7.87. The molecule has 1 amide bonds. The molecule has 5 nitrogen and oxygen atoms in total. The SMILES string of the molecule is COC(=O)C(=O)CC(=O)N(Cc1ccc(F)cc1)Cc1ccc(F)c(F)c1. The Morgan fingerprint density at radius 2 is 1.48 bits per heavy atom. The molecule has 0 aromatic heterocycles. The van der Waals surface area contributed by atoms with Crippen LogP contribution in [0.1, 0.15) is 17.5 Å². The Kier molecular flexibility index (Phi) is 6.70. The van der Waals surface area contributed by atoms with E-state index >= 15 is 0 Å². The molecule has 0 spiro atoms. The predicted octanol–water partition coefficient (Wildman–Crippen LogP) is 2.76. The zero-order chi connectivity index (χ0) is 20.0. The van der Waals surface area contributed by atoms with Crippen molar-refractivity contribution in [3.05, 3.63) is 71.0 Å². The van der Waals surface area contributed by atoms with Crippen molar-refractivity contribution < 1.29 is 32.3 Å². The van der Waals surface area contributed by atoms with Crippen molar-refractivity contribution in [3.8, 4) is 0 Å². The van der Waals surface area contributed by atoms with Crippen LogP contribution in [0.5, 0.6) is 0 Å². The molecule has 2 rings (SSSR count). The van der Waals surface area contributed by atoms with E-state index in [4.69, 9.17) is 0 Å². The molecule has 27 heavy (non-hydrogen) atoms. The number of nitrogens with zero attached hydrogens (tertiary/aromatic N) is 1. The molecule has 0 atom stereocenters. The Hall–Kier alpha value is -3.16. The summed E-state index contributed by atoms with van der Waals surface area (Å²) in [5.41, 5.74) is 0.840. The minimum Gasteiger partial charge on any atom is -0.463 e. The number of Topliss-reactive ketones (excluding diaryl/α,β-unsaturated/α-hetero) is 1. The molecule has 0 aliphatic heterocycles. The van der Waals surface area contributed by atoms with Crippen molar-refractivity contribution in [2.45, 2.75) is 19.5 Å². The first-order chi connectivity index (χ1) is 12.8. The van der Waals surface area contributed by atoms with Gasteiger partial charge in [0.15, 0.2) is 11.6 Å². The minimum absolute atomic E-state index is 0.0213. The molecule has 0 bridgehead atoms. The molecule has 0 N–H and O–H groups in total. The second-order valence-corrected chi connectivity index (χ2v) is 5.72. The van der Waals surface area contributed by atoms with Gasteiger partial charge in [-0.25, -0.2) is 18.0 Å². The maximum atomic E-state index is 13.4. The lowest BCUT2D eigenvalue weighted by Gasteiger charge is -2.23. The highest BCUT2D eigenvalue weighted by Crippen LogP contribution is 2.15. The number of carbonyl (C=O) groups is 3. The largest absolute Gasteiger partial charge is 0.463 e. The number of halogens is 3. The minimum atomic E-state index is -1.15. The lowest BCUT2D eigenvalue weighted by Crippen LogP contribution is -2.33. The van der Waals surface area contributed by atoms with Crippen LogP contribution in [0.2, 0.25) is 0 Å². The van der Waals surface area contributed by atoms with E-state index in [1.807, 2.05) is 0 Å². The Bertz CT molecular complexity index is 853. The summed E-state index contributed by atoms with van der Waals surface area (Å²) in [4.78, 5) is 36.5. The van der Waals surface area contributed by atoms with Gasteiger partial charge in [0.2, 0.25) is 11.7 Å². The second kappa shape index (κ2) is 8.98. The number of esters is 1. The van der Waals surface area contributed by atoms with E-state index in [1.54, 1.807) is 0 Å². The van der Waals surface area contributed by atoms with Gasteiger partial charge in [-0.2, -0.15) is 0 Å². The van der Waals surface area contributed by atoms with Crippen LogP contribution >= 0.6 is 0 Å². The maximum Gasteiger partial charge on any atom is 0.374 e. The first kappa shape index (κ1) is 20.2. The lowest BCUT2D eigenvalue weighted by molar-refractivity contribution is -0.153. The van der Waals surface area contributed by atoms with Crippen molar-refractivity contribution in [2.75, 3.05) is 7.11 Å². The van der Waals surface area contributed by atoms with E-state index in [9.17, 15) is 27.6 Å². The summed E-state index contributed by atoms with van der Waals surface area (Å²) in [5, 5.41) is 0. The number of hydrogen-bond donors (Lipinski definition) is 0. The number of hydrogen-bond acceptors (Lipinski definition) is 4. The summed E-state index contributed by atoms with van der Waals surface area (Å²) >= 11 is 0. The smallest absolute Gasteiger partial charge is 0.374 e. The molecule has 0 radical (unpaired) electrons. The maximum absolute atomic E-state index is 13.4. The second-order valence-electron chi connectivity index (χ2n) is 5.72. The van der Waals surface area contributed by atoms with Crippen LogP contribution in [0.25, 0.3) is 0 Å². The first-order valence-electron chi connectivity index (χ1n) is 7.87. The van der Waals surface area contributed by atoms with E-state index < -0.39 is 41.5 Å². The molecular weight excluding hydrogens is 363 g/mol. The van der Waals surface area contributed by atoms with Crippen LogP contribution < -0.4 is 0 Å². The fraction of sp³-hybridized carbons (Fsp3) is 0.211. The van der Waals surface area contributed by atoms with Crippen LogP contribution in [-0.2, 0) is 32.2 Å². The lowest BCUT2D eigenvalue weighted by atomic mass is 10.1. The summed E-state index contributed by atoms with van der Waals surface area (Å²) < 4.78 is 43.9. The van der Waals surface area contributed by atoms with E-state index in [1.165, 1.54) is 35.2 Å². The van der Waals surface area contributed by atoms with Gasteiger partial charge in [-0.05, 0) is 35.4 Å². The van der Waals surface area contributed by atoms with Crippen LogP contribution in [-0.4, -0.2) is 29.7 Å². The van der Waals surface area contributed by atoms with Gasteiger partial charge < -0.3 is 9.64 Å². The molecule has 2 aromatic carbocycles. The molecule has 0 heterocycles. The summed E-state index contributed by atoms with van der Waals surface area (Å²) in [7, 11) is 1.02. The van der Waals surface area contributed by atoms with E-state index in [0.29, 0.717) is 5.56 Å². The van der Waals surface area contributed by atoms with Gasteiger partial charge in [-0.3, -0.25) is 9.59 Å². The highest BCUT2D eigenvalue weighted by Gasteiger charge is 2.23. The van der Waals surface area contributed by atoms with Gasteiger partial charge in [0.25, 0.3) is 0 Å². The number of methoxy groups -OCH3 is 1. The van der Waals surface area contributed by atoms with Gasteiger partial charge in [0.05, 0.1) is 13.5 Å². The van der Waals surface area contributed by atoms with Crippen molar-refractivity contribution >= 4 is 17.7 Å². The Balaban J connectivity index is 2.22. The zero-order valence-electron chi connectivity index (χ0n) is 14.4. The molecule has 0 aliphatic carbocycles. The van der Waals surface area contributed by atoms with Crippen molar-refractivity contribution in [1.82, 2.24) is 4.90 Å². The quantitative estimate of drug-likeness (QED) is 0.422. The van der Waals surface area contributed by atoms with Gasteiger partial charge in [-0.1, -0.05) is 18.2 Å². The van der Waals surface area contributed by atoms with E-state index in [0.717, 1.165) is 19.2 Å². The van der Waals surface area contributed by atoms with Crippen LogP contribution in [0, 0.1) is 17.5 Å². The van der Waals surface area contributed by atoms with Gasteiger partial charge in [-0.15, -0.1) is 0 Å². The number of ketones is 1. The number of rotatable bonds is 7. The standard InChI is InChI=1S/C19H16F3NO4/c1-27-19(26)17(24)9-18(25)23(10-12-2-5-14(20)6-3-12)11-13-4-7-15(21)16(22)8-13/h2-8H,9-11H2,1H3. The summed E-state index contributed by atoms with van der Waals surface area (Å²) in [6.07, 6.45) is -0.739. The van der Waals surface area contributed by atoms with E-state index in [2.05, 4.69) is 4.74 Å². The zero-order valence-corrected chi connectivity index (χ0v) is 14.4. The molecule has 142 valence electrons. The van der Waals surface area contributed by atoms with Crippen molar-refractivity contribution in [3.63, 3.8) is 0 Å². The molecule has 0 saturated heterocycles. The Morgan fingerprint density at radius 1 is 0.889 bits per heavy atom. The molecule has 0 fully saturated rings. The number of amides is 1. The molecule has 0 unspecified atom stereocenters. The number of carbonyl (C=O) groups excluding carboxylic acids is 3. The molecule has 0 saturated carbocycles. The monoisotopic (exact) mass is 379 g/mol. The molecule has 0 aliphatic rings.